The van der Waals surface area contributed by atoms with Gasteiger partial charge in [-0.1, -0.05) is 26.7 Å². The molecule has 1 fully saturated rings. The molecule has 0 bridgehead atoms. The lowest BCUT2D eigenvalue weighted by Gasteiger charge is -2.26. The smallest absolute Gasteiger partial charge is 0.00609 e. The van der Waals surface area contributed by atoms with E-state index < -0.39 is 0 Å². The lowest BCUT2D eigenvalue weighted by atomic mass is 9.91. The van der Waals surface area contributed by atoms with Crippen LogP contribution in [0, 0.1) is 5.92 Å². The fourth-order valence-electron chi connectivity index (χ4n) is 2.21. The number of rotatable bonds is 6. The van der Waals surface area contributed by atoms with Gasteiger partial charge in [0, 0.05) is 23.6 Å². The standard InChI is InChI=1S/C13H27NS/c1-4-12(3)14-8-9-15-13-7-5-6-11(2)10-13/h11-14H,4-10H2,1-3H3. The van der Waals surface area contributed by atoms with Gasteiger partial charge in [-0.05, 0) is 32.1 Å². The summed E-state index contributed by atoms with van der Waals surface area (Å²) in [6, 6.07) is 0.691. The van der Waals surface area contributed by atoms with Gasteiger partial charge in [-0.15, -0.1) is 0 Å². The van der Waals surface area contributed by atoms with Crippen LogP contribution in [0.5, 0.6) is 0 Å². The maximum absolute atomic E-state index is 3.56. The van der Waals surface area contributed by atoms with Crippen molar-refractivity contribution in [2.75, 3.05) is 12.3 Å². The van der Waals surface area contributed by atoms with E-state index in [1.807, 2.05) is 0 Å². The maximum Gasteiger partial charge on any atom is 0.00609 e. The lowest BCUT2D eigenvalue weighted by Crippen LogP contribution is -2.28. The van der Waals surface area contributed by atoms with Crippen LogP contribution in [0.15, 0.2) is 0 Å². The van der Waals surface area contributed by atoms with Crippen LogP contribution in [0.3, 0.4) is 0 Å². The molecule has 1 N–H and O–H groups in total. The molecule has 0 spiro atoms. The highest BCUT2D eigenvalue weighted by molar-refractivity contribution is 7.99. The van der Waals surface area contributed by atoms with E-state index in [1.165, 1.54) is 44.4 Å². The summed E-state index contributed by atoms with van der Waals surface area (Å²) in [6.45, 7) is 8.11. The lowest BCUT2D eigenvalue weighted by molar-refractivity contribution is 0.394. The van der Waals surface area contributed by atoms with E-state index in [-0.39, 0.29) is 0 Å². The van der Waals surface area contributed by atoms with Crippen molar-refractivity contribution in [2.24, 2.45) is 5.92 Å². The predicted molar refractivity (Wildman–Crippen MR) is 71.6 cm³/mol. The Morgan fingerprint density at radius 3 is 2.87 bits per heavy atom. The van der Waals surface area contributed by atoms with Gasteiger partial charge in [0.25, 0.3) is 0 Å². The molecule has 1 aliphatic carbocycles. The molecule has 2 heteroatoms. The Labute approximate surface area is 99.8 Å². The monoisotopic (exact) mass is 229 g/mol. The van der Waals surface area contributed by atoms with Gasteiger partial charge >= 0.3 is 0 Å². The van der Waals surface area contributed by atoms with Crippen LogP contribution in [-0.2, 0) is 0 Å². The Morgan fingerprint density at radius 1 is 1.40 bits per heavy atom. The molecule has 1 nitrogen and oxygen atoms in total. The molecule has 90 valence electrons. The van der Waals surface area contributed by atoms with Gasteiger partial charge in [-0.2, -0.15) is 11.8 Å². The van der Waals surface area contributed by atoms with Crippen molar-refractivity contribution in [3.05, 3.63) is 0 Å². The van der Waals surface area contributed by atoms with Crippen LogP contribution in [0.25, 0.3) is 0 Å². The number of hydrogen-bond donors (Lipinski definition) is 1. The first kappa shape index (κ1) is 13.4. The molecule has 15 heavy (non-hydrogen) atoms. The maximum atomic E-state index is 3.56. The van der Waals surface area contributed by atoms with Gasteiger partial charge < -0.3 is 5.32 Å². The summed E-state index contributed by atoms with van der Waals surface area (Å²) in [5, 5.41) is 4.51. The summed E-state index contributed by atoms with van der Waals surface area (Å²) in [6.07, 6.45) is 7.07. The van der Waals surface area contributed by atoms with Crippen LogP contribution in [-0.4, -0.2) is 23.6 Å². The molecule has 0 amide bonds. The molecule has 0 aliphatic heterocycles. The highest BCUT2D eigenvalue weighted by atomic mass is 32.2. The minimum Gasteiger partial charge on any atom is -0.313 e. The average molecular weight is 229 g/mol. The minimum atomic E-state index is 0.691. The summed E-state index contributed by atoms with van der Waals surface area (Å²) in [7, 11) is 0. The van der Waals surface area contributed by atoms with Crippen molar-refractivity contribution in [3.8, 4) is 0 Å². The van der Waals surface area contributed by atoms with Crippen LogP contribution in [0.4, 0.5) is 0 Å². The summed E-state index contributed by atoms with van der Waals surface area (Å²) in [5.41, 5.74) is 0. The topological polar surface area (TPSA) is 12.0 Å². The third-order valence-corrected chi connectivity index (χ3v) is 4.79. The van der Waals surface area contributed by atoms with Crippen molar-refractivity contribution in [1.29, 1.82) is 0 Å². The van der Waals surface area contributed by atoms with Gasteiger partial charge in [0.05, 0.1) is 0 Å². The number of hydrogen-bond acceptors (Lipinski definition) is 2. The van der Waals surface area contributed by atoms with Crippen LogP contribution < -0.4 is 5.32 Å². The van der Waals surface area contributed by atoms with Gasteiger partial charge in [-0.25, -0.2) is 0 Å². The molecule has 0 aromatic rings. The molecule has 0 saturated heterocycles. The molecule has 0 aromatic heterocycles. The zero-order valence-corrected chi connectivity index (χ0v) is 11.4. The van der Waals surface area contributed by atoms with Crippen molar-refractivity contribution in [2.45, 2.75) is 64.2 Å². The number of nitrogens with one attached hydrogen (secondary N) is 1. The third-order valence-electron chi connectivity index (χ3n) is 3.45. The molecule has 0 radical (unpaired) electrons. The molecular weight excluding hydrogens is 202 g/mol. The van der Waals surface area contributed by atoms with Crippen LogP contribution in [0.1, 0.15) is 52.9 Å². The third kappa shape index (κ3) is 5.82. The van der Waals surface area contributed by atoms with Crippen LogP contribution >= 0.6 is 11.8 Å². The summed E-state index contributed by atoms with van der Waals surface area (Å²) >= 11 is 2.19. The summed E-state index contributed by atoms with van der Waals surface area (Å²) in [4.78, 5) is 0. The summed E-state index contributed by atoms with van der Waals surface area (Å²) < 4.78 is 0. The van der Waals surface area contributed by atoms with E-state index in [1.54, 1.807) is 0 Å². The van der Waals surface area contributed by atoms with Gasteiger partial charge in [0.15, 0.2) is 0 Å². The van der Waals surface area contributed by atoms with Gasteiger partial charge in [-0.3, -0.25) is 0 Å². The second-order valence-electron chi connectivity index (χ2n) is 5.03. The largest absolute Gasteiger partial charge is 0.313 e. The molecule has 3 atom stereocenters. The normalized spacial score (nSPS) is 29.0. The molecule has 1 saturated carbocycles. The molecule has 1 aliphatic rings. The van der Waals surface area contributed by atoms with E-state index in [0.717, 1.165) is 11.2 Å². The molecular formula is C13H27NS. The fourth-order valence-corrected chi connectivity index (χ4v) is 3.57. The first-order valence-corrected chi connectivity index (χ1v) is 7.62. The second kappa shape index (κ2) is 7.56. The Balaban J connectivity index is 1.99. The Morgan fingerprint density at radius 2 is 2.20 bits per heavy atom. The predicted octanol–water partition coefficient (Wildman–Crippen LogP) is 3.69. The first-order valence-electron chi connectivity index (χ1n) is 6.57. The highest BCUT2D eigenvalue weighted by Crippen LogP contribution is 2.31. The Bertz CT molecular complexity index is 161. The Kier molecular flexibility index (Phi) is 6.74. The molecule has 1 rings (SSSR count). The van der Waals surface area contributed by atoms with Gasteiger partial charge in [0.2, 0.25) is 0 Å². The van der Waals surface area contributed by atoms with Crippen molar-refractivity contribution < 1.29 is 0 Å². The van der Waals surface area contributed by atoms with E-state index >= 15 is 0 Å². The fraction of sp³-hybridized carbons (Fsp3) is 1.00. The van der Waals surface area contributed by atoms with E-state index in [0.29, 0.717) is 6.04 Å². The number of thioether (sulfide) groups is 1. The zero-order chi connectivity index (χ0) is 11.1. The van der Waals surface area contributed by atoms with Crippen molar-refractivity contribution in [1.82, 2.24) is 5.32 Å². The van der Waals surface area contributed by atoms with Crippen molar-refractivity contribution in [3.63, 3.8) is 0 Å². The zero-order valence-electron chi connectivity index (χ0n) is 10.6. The summed E-state index contributed by atoms with van der Waals surface area (Å²) in [5.74, 6) is 2.26. The molecule has 3 unspecified atom stereocenters. The quantitative estimate of drug-likeness (QED) is 0.697. The van der Waals surface area contributed by atoms with Crippen LogP contribution in [0.2, 0.25) is 0 Å². The average Bonchev–Trinajstić information content (AvgIpc) is 2.24. The Hall–Kier alpha value is 0.310. The van der Waals surface area contributed by atoms with E-state index in [2.05, 4.69) is 37.8 Å². The SMILES string of the molecule is CCC(C)NCCSC1CCCC(C)C1. The van der Waals surface area contributed by atoms with Gasteiger partial charge in [0.1, 0.15) is 0 Å². The highest BCUT2D eigenvalue weighted by Gasteiger charge is 2.18. The van der Waals surface area contributed by atoms with Crippen molar-refractivity contribution >= 4 is 11.8 Å². The molecule has 0 heterocycles. The second-order valence-corrected chi connectivity index (χ2v) is 6.44. The van der Waals surface area contributed by atoms with E-state index in [4.69, 9.17) is 0 Å². The molecule has 0 aromatic carbocycles. The first-order chi connectivity index (χ1) is 7.22. The minimum absolute atomic E-state index is 0.691. The van der Waals surface area contributed by atoms with E-state index in [9.17, 15) is 0 Å².